The Labute approximate surface area is 108 Å². The number of benzene rings is 1. The number of nitrogens with zero attached hydrogens (tertiary/aromatic N) is 2. The smallest absolute Gasteiger partial charge is 0.106 e. The van der Waals surface area contributed by atoms with Gasteiger partial charge in [-0.3, -0.25) is 0 Å². The molecule has 0 spiro atoms. The minimum atomic E-state index is -0.874. The van der Waals surface area contributed by atoms with Crippen LogP contribution in [-0.4, -0.2) is 14.9 Å². The van der Waals surface area contributed by atoms with Crippen LogP contribution in [0.25, 0.3) is 5.69 Å². The van der Waals surface area contributed by atoms with E-state index in [4.69, 9.17) is 0 Å². The summed E-state index contributed by atoms with van der Waals surface area (Å²) in [4.78, 5) is 0. The first-order valence-corrected chi connectivity index (χ1v) is 6.39. The van der Waals surface area contributed by atoms with Crippen molar-refractivity contribution in [2.24, 2.45) is 5.92 Å². The summed E-state index contributed by atoms with van der Waals surface area (Å²) < 4.78 is 1.81. The lowest BCUT2D eigenvalue weighted by molar-refractivity contribution is -0.00617. The Bertz CT molecular complexity index is 502. The zero-order valence-electron chi connectivity index (χ0n) is 11.2. The van der Waals surface area contributed by atoms with Gasteiger partial charge in [0.05, 0.1) is 11.4 Å². The first-order chi connectivity index (χ1) is 8.57. The molecule has 0 fully saturated rings. The Morgan fingerprint density at radius 1 is 1.28 bits per heavy atom. The molecular weight excluding hydrogens is 224 g/mol. The van der Waals surface area contributed by atoms with E-state index in [9.17, 15) is 5.11 Å². The zero-order chi connectivity index (χ0) is 13.2. The van der Waals surface area contributed by atoms with Crippen LogP contribution in [0.3, 0.4) is 0 Å². The summed E-state index contributed by atoms with van der Waals surface area (Å²) in [6, 6.07) is 11.8. The molecule has 2 rings (SSSR count). The maximum atomic E-state index is 10.7. The van der Waals surface area contributed by atoms with E-state index < -0.39 is 5.60 Å². The van der Waals surface area contributed by atoms with Gasteiger partial charge in [-0.2, -0.15) is 5.10 Å². The fraction of sp³-hybridized carbons (Fsp3) is 0.400. The van der Waals surface area contributed by atoms with E-state index in [0.29, 0.717) is 0 Å². The monoisotopic (exact) mass is 244 g/mol. The van der Waals surface area contributed by atoms with Crippen LogP contribution < -0.4 is 0 Å². The molecule has 2 unspecified atom stereocenters. The van der Waals surface area contributed by atoms with Crippen LogP contribution >= 0.6 is 0 Å². The Kier molecular flexibility index (Phi) is 3.53. The van der Waals surface area contributed by atoms with Gasteiger partial charge in [0.25, 0.3) is 0 Å². The molecule has 2 aromatic rings. The van der Waals surface area contributed by atoms with Crippen molar-refractivity contribution < 1.29 is 5.11 Å². The van der Waals surface area contributed by atoms with Gasteiger partial charge in [0.1, 0.15) is 5.60 Å². The van der Waals surface area contributed by atoms with Gasteiger partial charge in [0, 0.05) is 6.20 Å². The van der Waals surface area contributed by atoms with Crippen molar-refractivity contribution in [3.8, 4) is 5.69 Å². The van der Waals surface area contributed by atoms with Gasteiger partial charge in [-0.05, 0) is 31.0 Å². The molecule has 3 heteroatoms. The number of aliphatic hydroxyl groups is 1. The van der Waals surface area contributed by atoms with E-state index in [1.165, 1.54) is 0 Å². The number of hydrogen-bond donors (Lipinski definition) is 1. The van der Waals surface area contributed by atoms with Crippen molar-refractivity contribution in [2.75, 3.05) is 0 Å². The summed E-state index contributed by atoms with van der Waals surface area (Å²) in [6.45, 7) is 6.00. The molecule has 0 aliphatic carbocycles. The van der Waals surface area contributed by atoms with Gasteiger partial charge in [-0.1, -0.05) is 38.5 Å². The summed E-state index contributed by atoms with van der Waals surface area (Å²) in [5.74, 6) is 0.177. The Hall–Kier alpha value is -1.61. The zero-order valence-corrected chi connectivity index (χ0v) is 11.2. The molecule has 1 aromatic heterocycles. The Morgan fingerprint density at radius 2 is 1.94 bits per heavy atom. The fourth-order valence-electron chi connectivity index (χ4n) is 2.11. The van der Waals surface area contributed by atoms with E-state index in [1.807, 2.05) is 48.0 Å². The van der Waals surface area contributed by atoms with Crippen molar-refractivity contribution in [2.45, 2.75) is 32.8 Å². The number of aromatic nitrogens is 2. The van der Waals surface area contributed by atoms with Gasteiger partial charge in [0.2, 0.25) is 0 Å². The number of rotatable bonds is 4. The average Bonchev–Trinajstić information content (AvgIpc) is 2.88. The summed E-state index contributed by atoms with van der Waals surface area (Å²) in [6.07, 6.45) is 2.66. The van der Waals surface area contributed by atoms with E-state index in [1.54, 1.807) is 6.20 Å². The van der Waals surface area contributed by atoms with E-state index >= 15 is 0 Å². The molecule has 0 saturated carbocycles. The molecule has 0 aliphatic heterocycles. The molecule has 0 amide bonds. The highest BCUT2D eigenvalue weighted by Gasteiger charge is 2.32. The van der Waals surface area contributed by atoms with Gasteiger partial charge in [0.15, 0.2) is 0 Å². The van der Waals surface area contributed by atoms with Crippen LogP contribution in [0, 0.1) is 5.92 Å². The largest absolute Gasteiger partial charge is 0.384 e. The lowest BCUT2D eigenvalue weighted by Gasteiger charge is -2.30. The van der Waals surface area contributed by atoms with E-state index in [-0.39, 0.29) is 5.92 Å². The molecule has 0 saturated heterocycles. The second-order valence-corrected chi connectivity index (χ2v) is 4.92. The molecule has 2 atom stereocenters. The lowest BCUT2D eigenvalue weighted by Crippen LogP contribution is -2.32. The van der Waals surface area contributed by atoms with Crippen molar-refractivity contribution in [3.05, 3.63) is 48.3 Å². The predicted octanol–water partition coefficient (Wildman–Crippen LogP) is 3.13. The summed E-state index contributed by atoms with van der Waals surface area (Å²) in [5.41, 5.74) is 0.935. The molecule has 0 aliphatic rings. The molecule has 1 aromatic carbocycles. The number of para-hydroxylation sites is 1. The van der Waals surface area contributed by atoms with Crippen LogP contribution in [0.2, 0.25) is 0 Å². The SMILES string of the molecule is CCC(C)C(C)(O)c1ccnn1-c1ccccc1. The van der Waals surface area contributed by atoms with Gasteiger partial charge < -0.3 is 5.11 Å². The van der Waals surface area contributed by atoms with Gasteiger partial charge in [-0.15, -0.1) is 0 Å². The Balaban J connectivity index is 2.46. The van der Waals surface area contributed by atoms with Crippen LogP contribution in [0.15, 0.2) is 42.6 Å². The second kappa shape index (κ2) is 4.94. The lowest BCUT2D eigenvalue weighted by atomic mass is 9.86. The van der Waals surface area contributed by atoms with Gasteiger partial charge >= 0.3 is 0 Å². The summed E-state index contributed by atoms with van der Waals surface area (Å²) in [7, 11) is 0. The first-order valence-electron chi connectivity index (χ1n) is 6.39. The highest BCUT2D eigenvalue weighted by Crippen LogP contribution is 2.32. The molecular formula is C15H20N2O. The van der Waals surface area contributed by atoms with E-state index in [0.717, 1.165) is 17.8 Å². The highest BCUT2D eigenvalue weighted by molar-refractivity contribution is 5.33. The van der Waals surface area contributed by atoms with Crippen LogP contribution in [0.5, 0.6) is 0 Å². The third-order valence-corrected chi connectivity index (χ3v) is 3.73. The molecule has 1 N–H and O–H groups in total. The second-order valence-electron chi connectivity index (χ2n) is 4.92. The third-order valence-electron chi connectivity index (χ3n) is 3.73. The normalized spacial score (nSPS) is 16.2. The van der Waals surface area contributed by atoms with Crippen molar-refractivity contribution in [1.82, 2.24) is 9.78 Å². The number of hydrogen-bond acceptors (Lipinski definition) is 2. The van der Waals surface area contributed by atoms with Gasteiger partial charge in [-0.25, -0.2) is 4.68 Å². The van der Waals surface area contributed by atoms with Crippen LogP contribution in [0.4, 0.5) is 0 Å². The standard InChI is InChI=1S/C15H20N2O/c1-4-12(2)15(3,18)14-10-11-16-17(14)13-8-6-5-7-9-13/h5-12,18H,4H2,1-3H3. The third kappa shape index (κ3) is 2.18. The topological polar surface area (TPSA) is 38.1 Å². The van der Waals surface area contributed by atoms with Crippen LogP contribution in [0.1, 0.15) is 32.9 Å². The maximum absolute atomic E-state index is 10.7. The first kappa shape index (κ1) is 12.8. The van der Waals surface area contributed by atoms with Crippen molar-refractivity contribution in [1.29, 1.82) is 0 Å². The highest BCUT2D eigenvalue weighted by atomic mass is 16.3. The predicted molar refractivity (Wildman–Crippen MR) is 72.6 cm³/mol. The molecule has 1 heterocycles. The van der Waals surface area contributed by atoms with Crippen molar-refractivity contribution >= 4 is 0 Å². The fourth-order valence-corrected chi connectivity index (χ4v) is 2.11. The summed E-state index contributed by atoms with van der Waals surface area (Å²) in [5, 5.41) is 15.1. The van der Waals surface area contributed by atoms with Crippen LogP contribution in [-0.2, 0) is 5.60 Å². The minimum Gasteiger partial charge on any atom is -0.384 e. The summed E-state index contributed by atoms with van der Waals surface area (Å²) >= 11 is 0. The maximum Gasteiger partial charge on any atom is 0.106 e. The minimum absolute atomic E-state index is 0.177. The molecule has 0 radical (unpaired) electrons. The molecule has 96 valence electrons. The molecule has 0 bridgehead atoms. The molecule has 3 nitrogen and oxygen atoms in total. The quantitative estimate of drug-likeness (QED) is 0.897. The Morgan fingerprint density at radius 3 is 2.56 bits per heavy atom. The van der Waals surface area contributed by atoms with Crippen molar-refractivity contribution in [3.63, 3.8) is 0 Å². The van der Waals surface area contributed by atoms with E-state index in [2.05, 4.69) is 18.9 Å². The molecule has 18 heavy (non-hydrogen) atoms. The average molecular weight is 244 g/mol.